The van der Waals surface area contributed by atoms with Crippen LogP contribution in [0.15, 0.2) is 18.2 Å². The summed E-state index contributed by atoms with van der Waals surface area (Å²) in [6, 6.07) is 7.30. The lowest BCUT2D eigenvalue weighted by Gasteiger charge is -2.17. The van der Waals surface area contributed by atoms with Gasteiger partial charge in [-0.3, -0.25) is 4.79 Å². The molecule has 6 heteroatoms. The average molecular weight is 276 g/mol. The second-order valence-electron chi connectivity index (χ2n) is 4.59. The number of nitriles is 1. The SMILES string of the molecule is COc1ccc(CN2CC(C#N)C(O)C2=O)cc1OC. The minimum Gasteiger partial charge on any atom is -0.493 e. The highest BCUT2D eigenvalue weighted by molar-refractivity contribution is 5.83. The van der Waals surface area contributed by atoms with Crippen molar-refractivity contribution in [3.8, 4) is 17.6 Å². The first kappa shape index (κ1) is 14.2. The van der Waals surface area contributed by atoms with Crippen molar-refractivity contribution in [2.45, 2.75) is 12.6 Å². The molecule has 20 heavy (non-hydrogen) atoms. The van der Waals surface area contributed by atoms with Gasteiger partial charge in [-0.1, -0.05) is 6.07 Å². The van der Waals surface area contributed by atoms with E-state index in [0.29, 0.717) is 18.0 Å². The monoisotopic (exact) mass is 276 g/mol. The number of hydrogen-bond acceptors (Lipinski definition) is 5. The Balaban J connectivity index is 2.15. The Morgan fingerprint density at radius 3 is 2.65 bits per heavy atom. The Labute approximate surface area is 117 Å². The van der Waals surface area contributed by atoms with Crippen LogP contribution in [0.5, 0.6) is 11.5 Å². The molecule has 6 nitrogen and oxygen atoms in total. The first-order valence-electron chi connectivity index (χ1n) is 6.18. The number of aliphatic hydroxyl groups excluding tert-OH is 1. The van der Waals surface area contributed by atoms with E-state index in [1.54, 1.807) is 19.2 Å². The van der Waals surface area contributed by atoms with E-state index in [1.807, 2.05) is 12.1 Å². The lowest BCUT2D eigenvalue weighted by atomic mass is 10.1. The van der Waals surface area contributed by atoms with Gasteiger partial charge in [-0.25, -0.2) is 0 Å². The van der Waals surface area contributed by atoms with E-state index in [9.17, 15) is 9.90 Å². The van der Waals surface area contributed by atoms with Crippen molar-refractivity contribution in [1.82, 2.24) is 4.90 Å². The predicted molar refractivity (Wildman–Crippen MR) is 70.1 cm³/mol. The summed E-state index contributed by atoms with van der Waals surface area (Å²) in [4.78, 5) is 13.3. The van der Waals surface area contributed by atoms with E-state index in [0.717, 1.165) is 5.56 Å². The van der Waals surface area contributed by atoms with E-state index in [4.69, 9.17) is 14.7 Å². The lowest BCUT2D eigenvalue weighted by Crippen LogP contribution is -2.29. The highest BCUT2D eigenvalue weighted by atomic mass is 16.5. The number of methoxy groups -OCH3 is 2. The Morgan fingerprint density at radius 2 is 2.10 bits per heavy atom. The normalized spacial score (nSPS) is 21.7. The van der Waals surface area contributed by atoms with Gasteiger partial charge in [-0.05, 0) is 17.7 Å². The zero-order valence-electron chi connectivity index (χ0n) is 11.4. The molecule has 2 atom stereocenters. The maximum absolute atomic E-state index is 11.8. The van der Waals surface area contributed by atoms with E-state index in [-0.39, 0.29) is 6.54 Å². The van der Waals surface area contributed by atoms with Crippen molar-refractivity contribution >= 4 is 5.91 Å². The topological polar surface area (TPSA) is 82.8 Å². The van der Waals surface area contributed by atoms with Crippen LogP contribution in [0.1, 0.15) is 5.56 Å². The molecular formula is C14H16N2O4. The molecule has 0 aliphatic carbocycles. The van der Waals surface area contributed by atoms with E-state index in [2.05, 4.69) is 0 Å². The van der Waals surface area contributed by atoms with Crippen molar-refractivity contribution < 1.29 is 19.4 Å². The minimum absolute atomic E-state index is 0.241. The van der Waals surface area contributed by atoms with Gasteiger partial charge >= 0.3 is 0 Å². The number of aliphatic hydroxyl groups is 1. The molecule has 1 aromatic carbocycles. The molecule has 1 aromatic rings. The van der Waals surface area contributed by atoms with Crippen LogP contribution in [0.2, 0.25) is 0 Å². The summed E-state index contributed by atoms with van der Waals surface area (Å²) >= 11 is 0. The molecule has 0 aromatic heterocycles. The fourth-order valence-electron chi connectivity index (χ4n) is 2.24. The van der Waals surface area contributed by atoms with Crippen LogP contribution in [0.4, 0.5) is 0 Å². The number of rotatable bonds is 4. The second-order valence-corrected chi connectivity index (χ2v) is 4.59. The smallest absolute Gasteiger partial charge is 0.253 e. The molecule has 1 fully saturated rings. The quantitative estimate of drug-likeness (QED) is 0.868. The Morgan fingerprint density at radius 1 is 1.40 bits per heavy atom. The third-order valence-corrected chi connectivity index (χ3v) is 3.35. The molecule has 0 bridgehead atoms. The van der Waals surface area contributed by atoms with E-state index < -0.39 is 17.9 Å². The summed E-state index contributed by atoms with van der Waals surface area (Å²) in [7, 11) is 3.09. The van der Waals surface area contributed by atoms with Crippen molar-refractivity contribution in [3.63, 3.8) is 0 Å². The number of nitrogens with zero attached hydrogens (tertiary/aromatic N) is 2. The maximum atomic E-state index is 11.8. The van der Waals surface area contributed by atoms with Crippen LogP contribution >= 0.6 is 0 Å². The summed E-state index contributed by atoms with van der Waals surface area (Å²) in [5, 5.41) is 18.5. The number of carbonyl (C=O) groups excluding carboxylic acids is 1. The molecule has 1 saturated heterocycles. The molecule has 1 aliphatic rings. The van der Waals surface area contributed by atoms with Gasteiger partial charge < -0.3 is 19.5 Å². The van der Waals surface area contributed by atoms with Gasteiger partial charge in [0.1, 0.15) is 6.10 Å². The molecule has 0 saturated carbocycles. The number of hydrogen-bond donors (Lipinski definition) is 1. The highest BCUT2D eigenvalue weighted by Gasteiger charge is 2.39. The summed E-state index contributed by atoms with van der Waals surface area (Å²) in [5.41, 5.74) is 0.849. The lowest BCUT2D eigenvalue weighted by molar-refractivity contribution is -0.135. The second kappa shape index (κ2) is 5.80. The van der Waals surface area contributed by atoms with Crippen molar-refractivity contribution in [2.75, 3.05) is 20.8 Å². The van der Waals surface area contributed by atoms with Gasteiger partial charge in [-0.15, -0.1) is 0 Å². The van der Waals surface area contributed by atoms with Gasteiger partial charge in [0.25, 0.3) is 5.91 Å². The summed E-state index contributed by atoms with van der Waals surface area (Å²) in [6.07, 6.45) is -1.22. The van der Waals surface area contributed by atoms with E-state index >= 15 is 0 Å². The first-order valence-corrected chi connectivity index (χ1v) is 6.18. The van der Waals surface area contributed by atoms with Crippen LogP contribution in [0, 0.1) is 17.2 Å². The fourth-order valence-corrected chi connectivity index (χ4v) is 2.24. The third kappa shape index (κ3) is 2.53. The van der Waals surface area contributed by atoms with Crippen molar-refractivity contribution in [1.29, 1.82) is 5.26 Å². The van der Waals surface area contributed by atoms with Crippen LogP contribution < -0.4 is 9.47 Å². The molecule has 2 rings (SSSR count). The summed E-state index contributed by atoms with van der Waals surface area (Å²) in [5.74, 6) is 0.113. The van der Waals surface area contributed by atoms with Gasteiger partial charge in [0.2, 0.25) is 0 Å². The number of benzene rings is 1. The van der Waals surface area contributed by atoms with Gasteiger partial charge in [0.15, 0.2) is 11.5 Å². The maximum Gasteiger partial charge on any atom is 0.253 e. The molecule has 1 aliphatic heterocycles. The molecule has 1 amide bonds. The van der Waals surface area contributed by atoms with Crippen LogP contribution in [-0.4, -0.2) is 42.8 Å². The number of likely N-dealkylation sites (tertiary alicyclic amines) is 1. The third-order valence-electron chi connectivity index (χ3n) is 3.35. The van der Waals surface area contributed by atoms with Gasteiger partial charge in [0.05, 0.1) is 26.2 Å². The Hall–Kier alpha value is -2.26. The van der Waals surface area contributed by atoms with Gasteiger partial charge in [-0.2, -0.15) is 5.26 Å². The molecule has 106 valence electrons. The summed E-state index contributed by atoms with van der Waals surface area (Å²) in [6.45, 7) is 0.569. The van der Waals surface area contributed by atoms with E-state index in [1.165, 1.54) is 12.0 Å². The average Bonchev–Trinajstić information content (AvgIpc) is 2.75. The largest absolute Gasteiger partial charge is 0.493 e. The molecule has 0 spiro atoms. The molecule has 1 heterocycles. The standard InChI is InChI=1S/C14H16N2O4/c1-19-11-4-3-9(5-12(11)20-2)7-16-8-10(6-15)13(17)14(16)18/h3-5,10,13,17H,7-8H2,1-2H3. The van der Waals surface area contributed by atoms with Gasteiger partial charge in [0, 0.05) is 13.1 Å². The fraction of sp³-hybridized carbons (Fsp3) is 0.429. The highest BCUT2D eigenvalue weighted by Crippen LogP contribution is 2.29. The number of carbonyl (C=O) groups is 1. The first-order chi connectivity index (χ1) is 9.60. The molecule has 1 N–H and O–H groups in total. The molecule has 2 unspecified atom stereocenters. The molecule has 0 radical (unpaired) electrons. The van der Waals surface area contributed by atoms with Crippen LogP contribution in [0.3, 0.4) is 0 Å². The van der Waals surface area contributed by atoms with Crippen molar-refractivity contribution in [3.05, 3.63) is 23.8 Å². The van der Waals surface area contributed by atoms with Crippen molar-refractivity contribution in [2.24, 2.45) is 5.92 Å². The van der Waals surface area contributed by atoms with Crippen LogP contribution in [0.25, 0.3) is 0 Å². The number of amides is 1. The summed E-state index contributed by atoms with van der Waals surface area (Å²) < 4.78 is 10.3. The minimum atomic E-state index is -1.22. The Bertz CT molecular complexity index is 553. The Kier molecular flexibility index (Phi) is 4.11. The van der Waals surface area contributed by atoms with Crippen LogP contribution in [-0.2, 0) is 11.3 Å². The molecular weight excluding hydrogens is 260 g/mol. The zero-order valence-corrected chi connectivity index (χ0v) is 11.4. The number of ether oxygens (including phenoxy) is 2. The predicted octanol–water partition coefficient (Wildman–Crippen LogP) is 0.547. The zero-order chi connectivity index (χ0) is 14.7.